The van der Waals surface area contributed by atoms with Crippen molar-refractivity contribution in [1.29, 1.82) is 0 Å². The van der Waals surface area contributed by atoms with Gasteiger partial charge in [-0.1, -0.05) is 13.0 Å². The lowest BCUT2D eigenvalue weighted by molar-refractivity contribution is 0.0445. The lowest BCUT2D eigenvalue weighted by Crippen LogP contribution is -2.21. The predicted molar refractivity (Wildman–Crippen MR) is 70.5 cm³/mol. The summed E-state index contributed by atoms with van der Waals surface area (Å²) in [5.41, 5.74) is 0.222. The number of aromatic nitrogens is 2. The molecule has 1 aromatic carbocycles. The number of carbonyl (C=O) groups excluding carboxylic acids is 1. The molecule has 0 aliphatic heterocycles. The van der Waals surface area contributed by atoms with Crippen molar-refractivity contribution in [1.82, 2.24) is 9.71 Å². The van der Waals surface area contributed by atoms with Gasteiger partial charge in [-0.2, -0.15) is 4.73 Å². The molecule has 104 valence electrons. The molecule has 20 heavy (non-hydrogen) atoms. The molecule has 0 fully saturated rings. The summed E-state index contributed by atoms with van der Waals surface area (Å²) in [7, 11) is 0. The molecule has 1 aromatic heterocycles. The number of benzene rings is 1. The summed E-state index contributed by atoms with van der Waals surface area (Å²) in [6, 6.07) is 5.70. The number of carboxylic acid groups (broad SMARTS) is 1. The van der Waals surface area contributed by atoms with E-state index in [1.165, 1.54) is 29.0 Å². The van der Waals surface area contributed by atoms with E-state index in [2.05, 4.69) is 4.98 Å². The van der Waals surface area contributed by atoms with Gasteiger partial charge in [0.15, 0.2) is 0 Å². The van der Waals surface area contributed by atoms with Crippen LogP contribution in [0, 0.1) is 0 Å². The van der Waals surface area contributed by atoms with Crippen molar-refractivity contribution in [2.45, 2.75) is 19.8 Å². The summed E-state index contributed by atoms with van der Waals surface area (Å²) in [5.74, 6) is -1.06. The van der Waals surface area contributed by atoms with E-state index in [0.29, 0.717) is 12.2 Å². The van der Waals surface area contributed by atoms with Gasteiger partial charge in [0.05, 0.1) is 17.3 Å². The minimum Gasteiger partial charge on any atom is -0.478 e. The maximum atomic E-state index is 12.0. The average Bonchev–Trinajstić information content (AvgIpc) is 2.86. The first-order valence-electron chi connectivity index (χ1n) is 6.20. The molecule has 6 heteroatoms. The number of nitrogens with zero attached hydrogens (tertiary/aromatic N) is 2. The zero-order valence-electron chi connectivity index (χ0n) is 10.9. The second-order valence-corrected chi connectivity index (χ2v) is 4.18. The summed E-state index contributed by atoms with van der Waals surface area (Å²) < 4.78 is 1.30. The number of aromatic carboxylic acids is 1. The first-order valence-corrected chi connectivity index (χ1v) is 6.20. The molecule has 0 atom stereocenters. The van der Waals surface area contributed by atoms with Crippen molar-refractivity contribution in [3.8, 4) is 0 Å². The van der Waals surface area contributed by atoms with Gasteiger partial charge in [-0.05, 0) is 24.6 Å². The number of hydrogen-bond acceptors (Lipinski definition) is 4. The summed E-state index contributed by atoms with van der Waals surface area (Å²) in [6.45, 7) is 2.00. The van der Waals surface area contributed by atoms with E-state index < -0.39 is 11.9 Å². The maximum Gasteiger partial charge on any atom is 0.363 e. The molecule has 0 spiro atoms. The summed E-state index contributed by atoms with van der Waals surface area (Å²) in [5, 5.41) is 8.89. The Morgan fingerprint density at radius 1 is 1.35 bits per heavy atom. The van der Waals surface area contributed by atoms with Gasteiger partial charge in [0.25, 0.3) is 0 Å². The fourth-order valence-electron chi connectivity index (χ4n) is 1.73. The smallest absolute Gasteiger partial charge is 0.363 e. The molecule has 1 heterocycles. The molecule has 0 aliphatic rings. The van der Waals surface area contributed by atoms with Crippen LogP contribution >= 0.6 is 0 Å². The van der Waals surface area contributed by atoms with E-state index in [0.717, 1.165) is 6.42 Å². The summed E-state index contributed by atoms with van der Waals surface area (Å²) in [4.78, 5) is 32.1. The van der Waals surface area contributed by atoms with E-state index in [9.17, 15) is 9.59 Å². The van der Waals surface area contributed by atoms with Gasteiger partial charge < -0.3 is 9.94 Å². The zero-order chi connectivity index (χ0) is 14.5. The molecule has 0 amide bonds. The summed E-state index contributed by atoms with van der Waals surface area (Å²) >= 11 is 0. The van der Waals surface area contributed by atoms with Gasteiger partial charge in [0.1, 0.15) is 5.82 Å². The Hall–Kier alpha value is -2.63. The molecule has 0 bridgehead atoms. The van der Waals surface area contributed by atoms with Crippen molar-refractivity contribution >= 4 is 11.9 Å². The second kappa shape index (κ2) is 6.01. The molecule has 0 saturated heterocycles. The molecule has 2 aromatic rings. The SMILES string of the molecule is CCCc1nccn1OC(=O)c1cccc(C(=O)O)c1. The number of carbonyl (C=O) groups is 2. The summed E-state index contributed by atoms with van der Waals surface area (Å²) in [6.07, 6.45) is 4.66. The van der Waals surface area contributed by atoms with Crippen molar-refractivity contribution in [2.24, 2.45) is 0 Å². The average molecular weight is 274 g/mol. The molecule has 0 unspecified atom stereocenters. The van der Waals surface area contributed by atoms with Gasteiger partial charge in [-0.15, -0.1) is 0 Å². The molecule has 6 nitrogen and oxygen atoms in total. The highest BCUT2D eigenvalue weighted by Gasteiger charge is 2.13. The van der Waals surface area contributed by atoms with Gasteiger partial charge in [0.2, 0.25) is 0 Å². The Morgan fingerprint density at radius 2 is 2.10 bits per heavy atom. The lowest BCUT2D eigenvalue weighted by atomic mass is 10.1. The van der Waals surface area contributed by atoms with Crippen LogP contribution in [-0.2, 0) is 6.42 Å². The van der Waals surface area contributed by atoms with Crippen LogP contribution < -0.4 is 4.84 Å². The van der Waals surface area contributed by atoms with Crippen LogP contribution in [-0.4, -0.2) is 26.8 Å². The largest absolute Gasteiger partial charge is 0.478 e. The van der Waals surface area contributed by atoms with Crippen LogP contribution in [0.5, 0.6) is 0 Å². The lowest BCUT2D eigenvalue weighted by Gasteiger charge is -2.07. The molecule has 0 saturated carbocycles. The minimum absolute atomic E-state index is 0.0406. The molecular formula is C14H14N2O4. The Morgan fingerprint density at radius 3 is 2.80 bits per heavy atom. The maximum absolute atomic E-state index is 12.0. The number of aryl methyl sites for hydroxylation is 1. The number of carboxylic acids is 1. The fourth-order valence-corrected chi connectivity index (χ4v) is 1.73. The molecule has 0 radical (unpaired) electrons. The Balaban J connectivity index is 2.17. The number of rotatable bonds is 5. The third kappa shape index (κ3) is 3.03. The van der Waals surface area contributed by atoms with Gasteiger partial charge in [-0.25, -0.2) is 14.6 Å². The predicted octanol–water partition coefficient (Wildman–Crippen LogP) is 1.80. The molecule has 2 rings (SSSR count). The van der Waals surface area contributed by atoms with Gasteiger partial charge in [-0.3, -0.25) is 0 Å². The first-order chi connectivity index (χ1) is 9.61. The standard InChI is InChI=1S/C14H14N2O4/c1-2-4-12-15-7-8-16(12)20-14(19)11-6-3-5-10(9-11)13(17)18/h3,5-9H,2,4H2,1H3,(H,17,18). The van der Waals surface area contributed by atoms with Gasteiger partial charge >= 0.3 is 11.9 Å². The highest BCUT2D eigenvalue weighted by Crippen LogP contribution is 2.07. The van der Waals surface area contributed by atoms with Crippen LogP contribution in [0.25, 0.3) is 0 Å². The van der Waals surface area contributed by atoms with Crippen LogP contribution in [0.2, 0.25) is 0 Å². The Labute approximate surface area is 115 Å². The normalized spacial score (nSPS) is 10.2. The van der Waals surface area contributed by atoms with Crippen molar-refractivity contribution in [3.63, 3.8) is 0 Å². The van der Waals surface area contributed by atoms with E-state index >= 15 is 0 Å². The van der Waals surface area contributed by atoms with E-state index in [1.54, 1.807) is 12.4 Å². The highest BCUT2D eigenvalue weighted by atomic mass is 16.7. The van der Waals surface area contributed by atoms with Crippen LogP contribution in [0.4, 0.5) is 0 Å². The molecule has 0 aliphatic carbocycles. The first kappa shape index (κ1) is 13.8. The minimum atomic E-state index is -1.09. The van der Waals surface area contributed by atoms with E-state index in [4.69, 9.17) is 9.94 Å². The van der Waals surface area contributed by atoms with Crippen molar-refractivity contribution < 1.29 is 19.5 Å². The molecular weight excluding hydrogens is 260 g/mol. The van der Waals surface area contributed by atoms with Crippen LogP contribution in [0.15, 0.2) is 36.7 Å². The second-order valence-electron chi connectivity index (χ2n) is 4.18. The number of imidazole rings is 1. The monoisotopic (exact) mass is 274 g/mol. The van der Waals surface area contributed by atoms with Gasteiger partial charge in [0, 0.05) is 12.6 Å². The van der Waals surface area contributed by atoms with E-state index in [1.807, 2.05) is 6.92 Å². The van der Waals surface area contributed by atoms with Crippen molar-refractivity contribution in [2.75, 3.05) is 0 Å². The zero-order valence-corrected chi connectivity index (χ0v) is 10.9. The molecule has 1 N–H and O–H groups in total. The Bertz CT molecular complexity index is 634. The quantitative estimate of drug-likeness (QED) is 0.899. The van der Waals surface area contributed by atoms with Crippen LogP contribution in [0.3, 0.4) is 0 Å². The van der Waals surface area contributed by atoms with Crippen molar-refractivity contribution in [3.05, 3.63) is 53.6 Å². The van der Waals surface area contributed by atoms with E-state index in [-0.39, 0.29) is 11.1 Å². The Kier molecular flexibility index (Phi) is 4.14. The van der Waals surface area contributed by atoms with Crippen LogP contribution in [0.1, 0.15) is 39.9 Å². The third-order valence-corrected chi connectivity index (χ3v) is 2.68. The third-order valence-electron chi connectivity index (χ3n) is 2.68. The fraction of sp³-hybridized carbons (Fsp3) is 0.214. The number of hydrogen-bond donors (Lipinski definition) is 1. The highest BCUT2D eigenvalue weighted by molar-refractivity contribution is 5.94. The topological polar surface area (TPSA) is 81.4 Å².